The molecule has 0 saturated heterocycles. The SMILES string of the molecule is OC[C@H]1Cc2ccc(Cl)cc2CN1. The normalized spacial score (nSPS) is 21.2. The highest BCUT2D eigenvalue weighted by atomic mass is 35.5. The van der Waals surface area contributed by atoms with Gasteiger partial charge >= 0.3 is 0 Å². The predicted molar refractivity (Wildman–Crippen MR) is 52.9 cm³/mol. The Kier molecular flexibility index (Phi) is 2.54. The molecule has 0 fully saturated rings. The Labute approximate surface area is 82.5 Å². The Bertz CT molecular complexity index is 314. The molecule has 1 aliphatic rings. The van der Waals surface area contributed by atoms with Gasteiger partial charge in [-0.05, 0) is 29.7 Å². The first-order chi connectivity index (χ1) is 6.29. The molecular weight excluding hydrogens is 186 g/mol. The van der Waals surface area contributed by atoms with Crippen LogP contribution < -0.4 is 5.32 Å². The number of hydrogen-bond donors (Lipinski definition) is 2. The Hall–Kier alpha value is -0.570. The van der Waals surface area contributed by atoms with E-state index in [0.717, 1.165) is 18.0 Å². The molecule has 0 bridgehead atoms. The summed E-state index contributed by atoms with van der Waals surface area (Å²) in [5.41, 5.74) is 2.54. The summed E-state index contributed by atoms with van der Waals surface area (Å²) in [5.74, 6) is 0. The maximum absolute atomic E-state index is 8.98. The molecule has 0 unspecified atom stereocenters. The standard InChI is InChI=1S/C10H12ClNO/c11-9-2-1-7-4-10(6-13)12-5-8(7)3-9/h1-3,10,12-13H,4-6H2/t10-/m1/s1. The van der Waals surface area contributed by atoms with Gasteiger partial charge in [-0.1, -0.05) is 17.7 Å². The second-order valence-corrected chi connectivity index (χ2v) is 3.81. The van der Waals surface area contributed by atoms with Crippen LogP contribution in [0.3, 0.4) is 0 Å². The third-order valence-corrected chi connectivity index (χ3v) is 2.67. The summed E-state index contributed by atoms with van der Waals surface area (Å²) in [5, 5.41) is 13.0. The first-order valence-corrected chi connectivity index (χ1v) is 4.79. The highest BCUT2D eigenvalue weighted by molar-refractivity contribution is 6.30. The van der Waals surface area contributed by atoms with E-state index >= 15 is 0 Å². The molecule has 70 valence electrons. The van der Waals surface area contributed by atoms with Crippen molar-refractivity contribution >= 4 is 11.6 Å². The highest BCUT2D eigenvalue weighted by Crippen LogP contribution is 2.20. The summed E-state index contributed by atoms with van der Waals surface area (Å²) in [6.07, 6.45) is 0.892. The van der Waals surface area contributed by atoms with Crippen molar-refractivity contribution in [3.63, 3.8) is 0 Å². The summed E-state index contributed by atoms with van der Waals surface area (Å²) in [7, 11) is 0. The number of hydrogen-bond acceptors (Lipinski definition) is 2. The number of benzene rings is 1. The topological polar surface area (TPSA) is 32.3 Å². The van der Waals surface area contributed by atoms with E-state index in [1.54, 1.807) is 0 Å². The lowest BCUT2D eigenvalue weighted by atomic mass is 9.96. The van der Waals surface area contributed by atoms with Gasteiger partial charge in [-0.3, -0.25) is 0 Å². The van der Waals surface area contributed by atoms with E-state index in [2.05, 4.69) is 5.32 Å². The van der Waals surface area contributed by atoms with Crippen LogP contribution in [0.2, 0.25) is 5.02 Å². The van der Waals surface area contributed by atoms with E-state index in [9.17, 15) is 0 Å². The number of halogens is 1. The van der Waals surface area contributed by atoms with Crippen LogP contribution in [0.1, 0.15) is 11.1 Å². The molecule has 0 aromatic heterocycles. The van der Waals surface area contributed by atoms with E-state index in [1.807, 2.05) is 18.2 Å². The van der Waals surface area contributed by atoms with E-state index in [4.69, 9.17) is 16.7 Å². The molecule has 0 saturated carbocycles. The molecule has 1 aromatic rings. The van der Waals surface area contributed by atoms with E-state index in [1.165, 1.54) is 11.1 Å². The molecule has 0 amide bonds. The number of fused-ring (bicyclic) bond motifs is 1. The molecule has 1 aromatic carbocycles. The molecule has 13 heavy (non-hydrogen) atoms. The van der Waals surface area contributed by atoms with Crippen LogP contribution in [0.4, 0.5) is 0 Å². The van der Waals surface area contributed by atoms with Gasteiger partial charge in [-0.15, -0.1) is 0 Å². The van der Waals surface area contributed by atoms with Crippen LogP contribution in [0.25, 0.3) is 0 Å². The van der Waals surface area contributed by atoms with Gasteiger partial charge in [-0.25, -0.2) is 0 Å². The number of rotatable bonds is 1. The van der Waals surface area contributed by atoms with Crippen molar-refractivity contribution in [2.24, 2.45) is 0 Å². The zero-order valence-electron chi connectivity index (χ0n) is 7.26. The lowest BCUT2D eigenvalue weighted by molar-refractivity contribution is 0.236. The lowest BCUT2D eigenvalue weighted by Crippen LogP contribution is -2.38. The summed E-state index contributed by atoms with van der Waals surface area (Å²) >= 11 is 5.87. The third-order valence-electron chi connectivity index (χ3n) is 2.44. The fourth-order valence-corrected chi connectivity index (χ4v) is 1.87. The first-order valence-electron chi connectivity index (χ1n) is 4.41. The van der Waals surface area contributed by atoms with Crippen LogP contribution in [-0.2, 0) is 13.0 Å². The quantitative estimate of drug-likeness (QED) is 0.713. The number of aliphatic hydroxyl groups is 1. The van der Waals surface area contributed by atoms with Crippen LogP contribution in [0.5, 0.6) is 0 Å². The van der Waals surface area contributed by atoms with Gasteiger partial charge in [0.1, 0.15) is 0 Å². The largest absolute Gasteiger partial charge is 0.395 e. The zero-order chi connectivity index (χ0) is 9.26. The summed E-state index contributed by atoms with van der Waals surface area (Å²) in [6, 6.07) is 6.13. The van der Waals surface area contributed by atoms with Gasteiger partial charge in [-0.2, -0.15) is 0 Å². The average molecular weight is 198 g/mol. The molecule has 2 nitrogen and oxygen atoms in total. The lowest BCUT2D eigenvalue weighted by Gasteiger charge is -2.24. The minimum atomic E-state index is 0.196. The third kappa shape index (κ3) is 1.85. The molecule has 1 atom stereocenters. The smallest absolute Gasteiger partial charge is 0.0587 e. The van der Waals surface area contributed by atoms with Crippen molar-refractivity contribution in [2.75, 3.05) is 6.61 Å². The Morgan fingerprint density at radius 2 is 2.31 bits per heavy atom. The predicted octanol–water partition coefficient (Wildman–Crippen LogP) is 1.35. The second-order valence-electron chi connectivity index (χ2n) is 3.38. The maximum Gasteiger partial charge on any atom is 0.0587 e. The molecule has 0 spiro atoms. The summed E-state index contributed by atoms with van der Waals surface area (Å²) in [4.78, 5) is 0. The maximum atomic E-state index is 8.98. The fourth-order valence-electron chi connectivity index (χ4n) is 1.68. The first kappa shape index (κ1) is 9.00. The van der Waals surface area contributed by atoms with E-state index < -0.39 is 0 Å². The molecular formula is C10H12ClNO. The molecule has 2 N–H and O–H groups in total. The monoisotopic (exact) mass is 197 g/mol. The minimum absolute atomic E-state index is 0.196. The van der Waals surface area contributed by atoms with Gasteiger partial charge in [0.05, 0.1) is 6.61 Å². The van der Waals surface area contributed by atoms with E-state index in [-0.39, 0.29) is 12.6 Å². The van der Waals surface area contributed by atoms with Gasteiger partial charge < -0.3 is 10.4 Å². The van der Waals surface area contributed by atoms with Gasteiger partial charge in [0.2, 0.25) is 0 Å². The van der Waals surface area contributed by atoms with Crippen molar-refractivity contribution in [3.8, 4) is 0 Å². The molecule has 0 radical (unpaired) electrons. The number of nitrogens with one attached hydrogen (secondary N) is 1. The Morgan fingerprint density at radius 3 is 3.08 bits per heavy atom. The average Bonchev–Trinajstić information content (AvgIpc) is 2.17. The molecule has 2 rings (SSSR count). The van der Waals surface area contributed by atoms with Crippen LogP contribution >= 0.6 is 11.6 Å². The Morgan fingerprint density at radius 1 is 1.46 bits per heavy atom. The summed E-state index contributed by atoms with van der Waals surface area (Å²) < 4.78 is 0. The Balaban J connectivity index is 2.26. The van der Waals surface area contributed by atoms with Gasteiger partial charge in [0.25, 0.3) is 0 Å². The summed E-state index contributed by atoms with van der Waals surface area (Å²) in [6.45, 7) is 1.00. The van der Waals surface area contributed by atoms with Crippen molar-refractivity contribution in [1.29, 1.82) is 0 Å². The molecule has 1 aliphatic heterocycles. The van der Waals surface area contributed by atoms with Gasteiger partial charge in [0, 0.05) is 17.6 Å². The fraction of sp³-hybridized carbons (Fsp3) is 0.400. The zero-order valence-corrected chi connectivity index (χ0v) is 8.01. The van der Waals surface area contributed by atoms with Crippen molar-refractivity contribution < 1.29 is 5.11 Å². The van der Waals surface area contributed by atoms with Crippen molar-refractivity contribution in [3.05, 3.63) is 34.3 Å². The second kappa shape index (κ2) is 3.66. The van der Waals surface area contributed by atoms with Gasteiger partial charge in [0.15, 0.2) is 0 Å². The van der Waals surface area contributed by atoms with Crippen LogP contribution in [0.15, 0.2) is 18.2 Å². The molecule has 0 aliphatic carbocycles. The van der Waals surface area contributed by atoms with Crippen LogP contribution in [0, 0.1) is 0 Å². The van der Waals surface area contributed by atoms with Crippen molar-refractivity contribution in [1.82, 2.24) is 5.32 Å². The van der Waals surface area contributed by atoms with Crippen molar-refractivity contribution in [2.45, 2.75) is 19.0 Å². The number of aliphatic hydroxyl groups excluding tert-OH is 1. The molecule has 1 heterocycles. The highest BCUT2D eigenvalue weighted by Gasteiger charge is 2.16. The molecule has 3 heteroatoms. The van der Waals surface area contributed by atoms with Crippen LogP contribution in [-0.4, -0.2) is 17.8 Å². The van der Waals surface area contributed by atoms with E-state index in [0.29, 0.717) is 0 Å². The minimum Gasteiger partial charge on any atom is -0.395 e.